The number of methoxy groups -OCH3 is 1. The van der Waals surface area contributed by atoms with E-state index in [4.69, 9.17) is 16.3 Å². The molecule has 2 aliphatic carbocycles. The summed E-state index contributed by atoms with van der Waals surface area (Å²) in [6, 6.07) is 3.90. The number of esters is 1. The Balaban J connectivity index is 1.46. The highest BCUT2D eigenvalue weighted by Gasteiger charge is 2.41. The second kappa shape index (κ2) is 10.5. The van der Waals surface area contributed by atoms with Gasteiger partial charge in [0.1, 0.15) is 4.88 Å². The maximum absolute atomic E-state index is 11.6. The van der Waals surface area contributed by atoms with E-state index in [9.17, 15) is 9.90 Å². The van der Waals surface area contributed by atoms with E-state index in [0.29, 0.717) is 16.7 Å². The maximum atomic E-state index is 11.6. The fourth-order valence-electron chi connectivity index (χ4n) is 5.10. The van der Waals surface area contributed by atoms with E-state index >= 15 is 0 Å². The monoisotopic (exact) mass is 438 g/mol. The highest BCUT2D eigenvalue weighted by molar-refractivity contribution is 7.13. The van der Waals surface area contributed by atoms with Crippen molar-refractivity contribution in [2.24, 2.45) is 17.3 Å². The number of carbonyl (C=O) groups is 1. The van der Waals surface area contributed by atoms with Crippen molar-refractivity contribution >= 4 is 28.9 Å². The number of hydrogen-bond donors (Lipinski definition) is 1. The van der Waals surface area contributed by atoms with Gasteiger partial charge in [0.2, 0.25) is 0 Å². The summed E-state index contributed by atoms with van der Waals surface area (Å²) in [5.74, 6) is 0.785. The van der Waals surface area contributed by atoms with Crippen LogP contribution in [0.5, 0.6) is 0 Å². The molecule has 1 N–H and O–H groups in total. The molecule has 0 aromatic carbocycles. The third kappa shape index (κ3) is 5.45. The average Bonchev–Trinajstić information content (AvgIpc) is 3.29. The zero-order chi connectivity index (χ0) is 20.9. The second-order valence-corrected chi connectivity index (χ2v) is 10.6. The van der Waals surface area contributed by atoms with Gasteiger partial charge in [0.05, 0.1) is 13.2 Å². The minimum absolute atomic E-state index is 0.170. The van der Waals surface area contributed by atoms with Crippen molar-refractivity contribution in [2.45, 2.75) is 82.6 Å². The van der Waals surface area contributed by atoms with Crippen LogP contribution in [-0.2, 0) is 11.2 Å². The van der Waals surface area contributed by atoms with Crippen LogP contribution in [-0.4, -0.2) is 29.7 Å². The van der Waals surface area contributed by atoms with Gasteiger partial charge in [-0.3, -0.25) is 0 Å². The molecule has 0 bridgehead atoms. The van der Waals surface area contributed by atoms with Crippen LogP contribution in [0.1, 0.15) is 79.3 Å². The molecule has 3 nitrogen and oxygen atoms in total. The van der Waals surface area contributed by atoms with Crippen molar-refractivity contribution in [3.8, 4) is 0 Å². The van der Waals surface area contributed by atoms with Gasteiger partial charge < -0.3 is 9.84 Å². The normalized spacial score (nSPS) is 27.1. The van der Waals surface area contributed by atoms with E-state index in [2.05, 4.69) is 19.1 Å². The van der Waals surface area contributed by atoms with Crippen molar-refractivity contribution in [2.75, 3.05) is 7.11 Å². The van der Waals surface area contributed by atoms with Gasteiger partial charge in [-0.05, 0) is 87.2 Å². The molecule has 0 radical (unpaired) electrons. The molecule has 1 heterocycles. The Bertz CT molecular complexity index is 689. The third-order valence-corrected chi connectivity index (χ3v) is 8.93. The van der Waals surface area contributed by atoms with Gasteiger partial charge in [-0.15, -0.1) is 22.9 Å². The number of hydrogen-bond acceptors (Lipinski definition) is 4. The molecule has 5 heteroatoms. The molecule has 0 saturated heterocycles. The summed E-state index contributed by atoms with van der Waals surface area (Å²) in [6.07, 6.45) is 15.2. The van der Waals surface area contributed by atoms with Crippen molar-refractivity contribution < 1.29 is 14.6 Å². The number of allylic oxidation sites excluding steroid dienone is 1. The lowest BCUT2D eigenvalue weighted by Gasteiger charge is -2.45. The SMILES string of the molecule is CCC1(C(O)CC=C[C@@H]2[C@@H](CCCc3ccc(C(=O)OC)s3)CC[C@H]2Cl)CCC1. The molecular formula is C24H35ClO3S. The Hall–Kier alpha value is -0.840. The molecular weight excluding hydrogens is 404 g/mol. The first-order valence-corrected chi connectivity index (χ1v) is 12.4. The van der Waals surface area contributed by atoms with E-state index in [-0.39, 0.29) is 22.9 Å². The smallest absolute Gasteiger partial charge is 0.348 e. The van der Waals surface area contributed by atoms with Gasteiger partial charge in [0, 0.05) is 10.3 Å². The first-order chi connectivity index (χ1) is 14.0. The second-order valence-electron chi connectivity index (χ2n) is 8.83. The minimum Gasteiger partial charge on any atom is -0.465 e. The molecule has 0 amide bonds. The van der Waals surface area contributed by atoms with Crippen LogP contribution in [0.4, 0.5) is 0 Å². The summed E-state index contributed by atoms with van der Waals surface area (Å²) >= 11 is 8.17. The molecule has 0 spiro atoms. The molecule has 29 heavy (non-hydrogen) atoms. The molecule has 1 aromatic heterocycles. The molecule has 1 aromatic rings. The van der Waals surface area contributed by atoms with Gasteiger partial charge in [0.15, 0.2) is 0 Å². The predicted octanol–water partition coefficient (Wildman–Crippen LogP) is 6.38. The highest BCUT2D eigenvalue weighted by Crippen LogP contribution is 2.48. The lowest BCUT2D eigenvalue weighted by Crippen LogP contribution is -2.40. The first kappa shape index (κ1) is 22.8. The Morgan fingerprint density at radius 3 is 2.86 bits per heavy atom. The Morgan fingerprint density at radius 1 is 1.41 bits per heavy atom. The zero-order valence-corrected chi connectivity index (χ0v) is 19.3. The number of alkyl halides is 1. The number of carbonyl (C=O) groups excluding carboxylic acids is 1. The quantitative estimate of drug-likeness (QED) is 0.262. The number of aliphatic hydroxyl groups is 1. The number of aryl methyl sites for hydroxylation is 1. The number of aliphatic hydroxyl groups excluding tert-OH is 1. The lowest BCUT2D eigenvalue weighted by atomic mass is 9.63. The van der Waals surface area contributed by atoms with Crippen molar-refractivity contribution in [3.63, 3.8) is 0 Å². The summed E-state index contributed by atoms with van der Waals surface area (Å²) in [6.45, 7) is 2.20. The van der Waals surface area contributed by atoms with E-state index in [1.54, 1.807) is 0 Å². The van der Waals surface area contributed by atoms with Crippen LogP contribution in [0.15, 0.2) is 24.3 Å². The molecule has 2 saturated carbocycles. The molecule has 0 aliphatic heterocycles. The van der Waals surface area contributed by atoms with E-state index in [1.165, 1.54) is 49.0 Å². The summed E-state index contributed by atoms with van der Waals surface area (Å²) < 4.78 is 4.79. The molecule has 1 unspecified atom stereocenters. The highest BCUT2D eigenvalue weighted by atomic mass is 35.5. The fourth-order valence-corrected chi connectivity index (χ4v) is 6.48. The Labute approximate surface area is 184 Å². The van der Waals surface area contributed by atoms with Crippen LogP contribution >= 0.6 is 22.9 Å². The number of halogens is 1. The van der Waals surface area contributed by atoms with Crippen molar-refractivity contribution in [1.29, 1.82) is 0 Å². The van der Waals surface area contributed by atoms with Crippen LogP contribution in [0, 0.1) is 17.3 Å². The topological polar surface area (TPSA) is 46.5 Å². The minimum atomic E-state index is -0.249. The van der Waals surface area contributed by atoms with Crippen LogP contribution in [0.25, 0.3) is 0 Å². The van der Waals surface area contributed by atoms with Crippen LogP contribution in [0.3, 0.4) is 0 Å². The Morgan fingerprint density at radius 2 is 2.21 bits per heavy atom. The van der Waals surface area contributed by atoms with E-state index in [1.807, 2.05) is 12.1 Å². The molecule has 2 fully saturated rings. The van der Waals surface area contributed by atoms with Crippen LogP contribution < -0.4 is 0 Å². The summed E-state index contributed by atoms with van der Waals surface area (Å²) in [4.78, 5) is 13.5. The maximum Gasteiger partial charge on any atom is 0.348 e. The fraction of sp³-hybridized carbons (Fsp3) is 0.708. The van der Waals surface area contributed by atoms with E-state index in [0.717, 1.165) is 38.5 Å². The third-order valence-electron chi connectivity index (χ3n) is 7.30. The number of ether oxygens (including phenoxy) is 1. The van der Waals surface area contributed by atoms with Crippen LogP contribution in [0.2, 0.25) is 0 Å². The molecule has 2 aliphatic rings. The Kier molecular flexibility index (Phi) is 8.23. The van der Waals surface area contributed by atoms with Gasteiger partial charge in [0.25, 0.3) is 0 Å². The van der Waals surface area contributed by atoms with E-state index < -0.39 is 0 Å². The first-order valence-electron chi connectivity index (χ1n) is 11.1. The zero-order valence-electron chi connectivity index (χ0n) is 17.7. The van der Waals surface area contributed by atoms with Gasteiger partial charge in [-0.25, -0.2) is 4.79 Å². The van der Waals surface area contributed by atoms with Gasteiger partial charge >= 0.3 is 5.97 Å². The summed E-state index contributed by atoms with van der Waals surface area (Å²) in [7, 11) is 1.42. The van der Waals surface area contributed by atoms with Gasteiger partial charge in [-0.1, -0.05) is 25.5 Å². The summed E-state index contributed by atoms with van der Waals surface area (Å²) in [5.41, 5.74) is 0.170. The lowest BCUT2D eigenvalue weighted by molar-refractivity contribution is -0.0355. The molecule has 162 valence electrons. The largest absolute Gasteiger partial charge is 0.465 e. The predicted molar refractivity (Wildman–Crippen MR) is 121 cm³/mol. The number of thiophene rings is 1. The summed E-state index contributed by atoms with van der Waals surface area (Å²) in [5, 5.41) is 10.8. The van der Waals surface area contributed by atoms with Crippen molar-refractivity contribution in [1.82, 2.24) is 0 Å². The average molecular weight is 439 g/mol. The van der Waals surface area contributed by atoms with Gasteiger partial charge in [-0.2, -0.15) is 0 Å². The standard InChI is InChI=1S/C24H35ClO3S/c1-3-24(15-6-16-24)22(26)10-5-9-19-17(11-13-20(19)25)7-4-8-18-12-14-21(29-18)23(27)28-2/h5,9,12,14,17,19-20,22,26H,3-4,6-8,10-11,13,15-16H2,1-2H3/t17-,19+,20+,22?/m0/s1. The number of rotatable bonds is 10. The molecule has 4 atom stereocenters. The molecule has 3 rings (SSSR count). The van der Waals surface area contributed by atoms with Crippen molar-refractivity contribution in [3.05, 3.63) is 34.0 Å².